The molecular formula is C22H23N3O2. The van der Waals surface area contributed by atoms with Gasteiger partial charge in [0.15, 0.2) is 0 Å². The highest BCUT2D eigenvalue weighted by Crippen LogP contribution is 2.26. The maximum atomic E-state index is 9.31. The predicted octanol–water partition coefficient (Wildman–Crippen LogP) is 4.44. The quantitative estimate of drug-likeness (QED) is 0.330. The van der Waals surface area contributed by atoms with Crippen LogP contribution in [0, 0.1) is 5.41 Å². The summed E-state index contributed by atoms with van der Waals surface area (Å²) in [5, 5.41) is 17.1. The van der Waals surface area contributed by atoms with E-state index in [1.165, 1.54) is 5.56 Å². The van der Waals surface area contributed by atoms with Gasteiger partial charge >= 0.3 is 0 Å². The van der Waals surface area contributed by atoms with Crippen molar-refractivity contribution in [2.75, 3.05) is 12.3 Å². The van der Waals surface area contributed by atoms with Crippen molar-refractivity contribution in [1.82, 2.24) is 4.98 Å². The number of phenols is 1. The molecule has 2 aromatic carbocycles. The van der Waals surface area contributed by atoms with E-state index in [0.717, 1.165) is 29.5 Å². The minimum absolute atomic E-state index is 0.280. The molecule has 0 fully saturated rings. The summed E-state index contributed by atoms with van der Waals surface area (Å²) in [5.41, 5.74) is 10.7. The third-order valence-electron chi connectivity index (χ3n) is 4.32. The normalized spacial score (nSPS) is 10.6. The molecule has 0 radical (unpaired) electrons. The number of nitrogen functional groups attached to an aromatic ring is 1. The van der Waals surface area contributed by atoms with Gasteiger partial charge < -0.3 is 21.0 Å². The highest BCUT2D eigenvalue weighted by atomic mass is 16.5. The van der Waals surface area contributed by atoms with Crippen LogP contribution in [-0.2, 0) is 6.42 Å². The minimum atomic E-state index is 0.280. The summed E-state index contributed by atoms with van der Waals surface area (Å²) >= 11 is 0. The van der Waals surface area contributed by atoms with Crippen LogP contribution in [0.2, 0.25) is 0 Å². The van der Waals surface area contributed by atoms with Crippen LogP contribution in [0.3, 0.4) is 0 Å². The summed E-state index contributed by atoms with van der Waals surface area (Å²) in [5.74, 6) is 0.991. The molecule has 138 valence electrons. The lowest BCUT2D eigenvalue weighted by Gasteiger charge is -2.10. The molecule has 0 saturated carbocycles. The Labute approximate surface area is 159 Å². The van der Waals surface area contributed by atoms with E-state index < -0.39 is 0 Å². The minimum Gasteiger partial charge on any atom is -0.508 e. The van der Waals surface area contributed by atoms with E-state index in [0.29, 0.717) is 23.8 Å². The average molecular weight is 361 g/mol. The van der Waals surface area contributed by atoms with Crippen molar-refractivity contribution in [3.8, 4) is 22.6 Å². The molecule has 0 amide bonds. The standard InChI is InChI=1S/C22H23N3O2/c1-15(23)21-12-17(6-9-22(21)24)18-11-20(14-25-13-18)27-10-2-3-16-4-7-19(26)8-5-16/h4-9,11-14,23,26H,2-3,10,24H2,1H3. The first kappa shape index (κ1) is 18.5. The summed E-state index contributed by atoms with van der Waals surface area (Å²) in [4.78, 5) is 4.27. The number of pyridine rings is 1. The molecule has 0 saturated heterocycles. The molecule has 0 aliphatic rings. The molecule has 1 heterocycles. The number of nitrogens with zero attached hydrogens (tertiary/aromatic N) is 1. The topological polar surface area (TPSA) is 92.2 Å². The molecule has 0 bridgehead atoms. The van der Waals surface area contributed by atoms with E-state index in [2.05, 4.69) is 4.98 Å². The molecule has 0 aliphatic carbocycles. The zero-order valence-corrected chi connectivity index (χ0v) is 15.3. The highest BCUT2D eigenvalue weighted by Gasteiger charge is 2.07. The molecule has 3 rings (SSSR count). The molecule has 0 atom stereocenters. The molecular weight excluding hydrogens is 338 g/mol. The summed E-state index contributed by atoms with van der Waals surface area (Å²) in [6, 6.07) is 14.8. The monoisotopic (exact) mass is 361 g/mol. The predicted molar refractivity (Wildman–Crippen MR) is 109 cm³/mol. The van der Waals surface area contributed by atoms with Crippen LogP contribution in [0.1, 0.15) is 24.5 Å². The van der Waals surface area contributed by atoms with Crippen LogP contribution < -0.4 is 10.5 Å². The van der Waals surface area contributed by atoms with Crippen molar-refractivity contribution in [3.05, 3.63) is 72.1 Å². The summed E-state index contributed by atoms with van der Waals surface area (Å²) in [6.07, 6.45) is 5.23. The molecule has 3 aromatic rings. The number of rotatable bonds is 7. The van der Waals surface area contributed by atoms with Crippen LogP contribution in [0.4, 0.5) is 5.69 Å². The fraction of sp³-hybridized carbons (Fsp3) is 0.182. The Morgan fingerprint density at radius 3 is 2.59 bits per heavy atom. The van der Waals surface area contributed by atoms with Gasteiger partial charge in [-0.05, 0) is 61.2 Å². The van der Waals surface area contributed by atoms with Crippen LogP contribution in [0.5, 0.6) is 11.5 Å². The SMILES string of the molecule is CC(=N)c1cc(-c2cncc(OCCCc3ccc(O)cc3)c2)ccc1N. The fourth-order valence-corrected chi connectivity index (χ4v) is 2.85. The molecule has 4 N–H and O–H groups in total. The summed E-state index contributed by atoms with van der Waals surface area (Å²) < 4.78 is 5.84. The van der Waals surface area contributed by atoms with E-state index >= 15 is 0 Å². The number of nitrogens with one attached hydrogen (secondary N) is 1. The van der Waals surface area contributed by atoms with Gasteiger partial charge in [-0.2, -0.15) is 0 Å². The van der Waals surface area contributed by atoms with Crippen LogP contribution >= 0.6 is 0 Å². The van der Waals surface area contributed by atoms with E-state index in [-0.39, 0.29) is 5.75 Å². The van der Waals surface area contributed by atoms with Gasteiger partial charge in [-0.15, -0.1) is 0 Å². The maximum Gasteiger partial charge on any atom is 0.138 e. The van der Waals surface area contributed by atoms with E-state index in [9.17, 15) is 5.11 Å². The number of phenolic OH excluding ortho intramolecular Hbond substituents is 1. The van der Waals surface area contributed by atoms with Gasteiger partial charge in [-0.3, -0.25) is 4.98 Å². The number of benzene rings is 2. The Hall–Kier alpha value is -3.34. The lowest BCUT2D eigenvalue weighted by atomic mass is 10.0. The van der Waals surface area contributed by atoms with Crippen LogP contribution in [0.15, 0.2) is 60.9 Å². The Balaban J connectivity index is 1.63. The van der Waals surface area contributed by atoms with Crippen molar-refractivity contribution >= 4 is 11.4 Å². The molecule has 5 heteroatoms. The largest absolute Gasteiger partial charge is 0.508 e. The van der Waals surface area contributed by atoms with Crippen LogP contribution in [0.25, 0.3) is 11.1 Å². The number of aromatic nitrogens is 1. The highest BCUT2D eigenvalue weighted by molar-refractivity contribution is 6.02. The summed E-state index contributed by atoms with van der Waals surface area (Å²) in [6.45, 7) is 2.31. The molecule has 0 aliphatic heterocycles. The number of nitrogens with two attached hydrogens (primary N) is 1. The van der Waals surface area contributed by atoms with Crippen molar-refractivity contribution in [2.24, 2.45) is 0 Å². The number of anilines is 1. The molecule has 1 aromatic heterocycles. The second-order valence-corrected chi connectivity index (χ2v) is 6.45. The lowest BCUT2D eigenvalue weighted by Crippen LogP contribution is -2.01. The first-order chi connectivity index (χ1) is 13.0. The third-order valence-corrected chi connectivity index (χ3v) is 4.32. The Morgan fingerprint density at radius 1 is 1.07 bits per heavy atom. The summed E-state index contributed by atoms with van der Waals surface area (Å²) in [7, 11) is 0. The van der Waals surface area contributed by atoms with Gasteiger partial charge in [-0.25, -0.2) is 0 Å². The van der Waals surface area contributed by atoms with Gasteiger partial charge in [0.2, 0.25) is 0 Å². The molecule has 0 unspecified atom stereocenters. The van der Waals surface area contributed by atoms with Crippen LogP contribution in [-0.4, -0.2) is 22.4 Å². The first-order valence-electron chi connectivity index (χ1n) is 8.84. The van der Waals surface area contributed by atoms with E-state index in [1.807, 2.05) is 36.4 Å². The van der Waals surface area contributed by atoms with Crippen molar-refractivity contribution in [1.29, 1.82) is 5.41 Å². The number of hydrogen-bond acceptors (Lipinski definition) is 5. The third kappa shape index (κ3) is 4.85. The Bertz CT molecular complexity index is 937. The Morgan fingerprint density at radius 2 is 1.85 bits per heavy atom. The molecule has 5 nitrogen and oxygen atoms in total. The molecule has 0 spiro atoms. The van der Waals surface area contributed by atoms with Gasteiger partial charge in [0.25, 0.3) is 0 Å². The zero-order valence-electron chi connectivity index (χ0n) is 15.3. The maximum absolute atomic E-state index is 9.31. The molecule has 27 heavy (non-hydrogen) atoms. The number of aryl methyl sites for hydroxylation is 1. The second-order valence-electron chi connectivity index (χ2n) is 6.45. The zero-order chi connectivity index (χ0) is 19.2. The van der Waals surface area contributed by atoms with Crippen molar-refractivity contribution < 1.29 is 9.84 Å². The lowest BCUT2D eigenvalue weighted by molar-refractivity contribution is 0.310. The van der Waals surface area contributed by atoms with Crippen molar-refractivity contribution in [2.45, 2.75) is 19.8 Å². The van der Waals surface area contributed by atoms with Gasteiger partial charge in [0.05, 0.1) is 12.8 Å². The number of aromatic hydroxyl groups is 1. The van der Waals surface area contributed by atoms with Crippen molar-refractivity contribution in [3.63, 3.8) is 0 Å². The Kier molecular flexibility index (Phi) is 5.71. The van der Waals surface area contributed by atoms with Gasteiger partial charge in [0.1, 0.15) is 11.5 Å². The second kappa shape index (κ2) is 8.36. The van der Waals surface area contributed by atoms with Gasteiger partial charge in [0, 0.05) is 28.7 Å². The van der Waals surface area contributed by atoms with Gasteiger partial charge in [-0.1, -0.05) is 18.2 Å². The smallest absolute Gasteiger partial charge is 0.138 e. The first-order valence-corrected chi connectivity index (χ1v) is 8.84. The fourth-order valence-electron chi connectivity index (χ4n) is 2.85. The van der Waals surface area contributed by atoms with E-state index in [4.69, 9.17) is 15.9 Å². The number of ether oxygens (including phenoxy) is 1. The number of hydrogen-bond donors (Lipinski definition) is 3. The van der Waals surface area contributed by atoms with E-state index in [1.54, 1.807) is 31.5 Å². The average Bonchev–Trinajstić information content (AvgIpc) is 2.67.